The Hall–Kier alpha value is 1.55. The second-order valence-electron chi connectivity index (χ2n) is 0.871. The molecule has 40 valence electrons. The molecule has 0 radical (unpaired) electrons. The van der Waals surface area contributed by atoms with Gasteiger partial charge in [0.1, 0.15) is 0 Å². The standard InChI is InChI=1S/C2H6O3S.K.H/c1-5-6(2,3)4;;/h1-2H3;;/q;+1;-1. The van der Waals surface area contributed by atoms with E-state index in [0.29, 0.717) is 0 Å². The van der Waals surface area contributed by atoms with Gasteiger partial charge in [-0.15, -0.1) is 0 Å². The predicted molar refractivity (Wildman–Crippen MR) is 23.0 cm³/mol. The molecule has 0 aliphatic carbocycles. The molecule has 7 heavy (non-hydrogen) atoms. The summed E-state index contributed by atoms with van der Waals surface area (Å²) < 4.78 is 23.5. The Kier molecular flexibility index (Phi) is 7.18. The first-order valence-electron chi connectivity index (χ1n) is 1.32. The molecule has 3 nitrogen and oxygen atoms in total. The Labute approximate surface area is 87.5 Å². The first-order valence-corrected chi connectivity index (χ1v) is 3.13. The van der Waals surface area contributed by atoms with Crippen molar-refractivity contribution in [3.8, 4) is 0 Å². The second-order valence-corrected chi connectivity index (χ2v) is 2.61. The van der Waals surface area contributed by atoms with Crippen LogP contribution in [0.3, 0.4) is 0 Å². The van der Waals surface area contributed by atoms with E-state index >= 15 is 0 Å². The first kappa shape index (κ1) is 11.4. The van der Waals surface area contributed by atoms with Crippen LogP contribution >= 0.6 is 0 Å². The van der Waals surface area contributed by atoms with Crippen molar-refractivity contribution in [2.75, 3.05) is 13.4 Å². The van der Waals surface area contributed by atoms with Crippen LogP contribution in [0.4, 0.5) is 0 Å². The van der Waals surface area contributed by atoms with E-state index < -0.39 is 10.1 Å². The van der Waals surface area contributed by atoms with E-state index in [4.69, 9.17) is 0 Å². The van der Waals surface area contributed by atoms with Crippen LogP contribution in [0, 0.1) is 0 Å². The van der Waals surface area contributed by atoms with Gasteiger partial charge >= 0.3 is 51.4 Å². The van der Waals surface area contributed by atoms with E-state index in [0.717, 1.165) is 13.4 Å². The summed E-state index contributed by atoms with van der Waals surface area (Å²) in [5, 5.41) is 0. The Morgan fingerprint density at radius 2 is 1.71 bits per heavy atom. The summed E-state index contributed by atoms with van der Waals surface area (Å²) >= 11 is 0. The summed E-state index contributed by atoms with van der Waals surface area (Å²) in [4.78, 5) is 0. The Morgan fingerprint density at radius 3 is 1.71 bits per heavy atom. The van der Waals surface area contributed by atoms with Gasteiger partial charge in [0.2, 0.25) is 0 Å². The number of hydrogen-bond donors (Lipinski definition) is 0. The summed E-state index contributed by atoms with van der Waals surface area (Å²) in [5.41, 5.74) is 0. The van der Waals surface area contributed by atoms with Crippen molar-refractivity contribution in [3.05, 3.63) is 0 Å². The molecule has 0 aromatic rings. The maximum atomic E-state index is 9.78. The Morgan fingerprint density at radius 1 is 1.57 bits per heavy atom. The van der Waals surface area contributed by atoms with Crippen molar-refractivity contribution < 1.29 is 65.4 Å². The van der Waals surface area contributed by atoms with E-state index in [1.807, 2.05) is 0 Å². The molecule has 0 atom stereocenters. The summed E-state index contributed by atoms with van der Waals surface area (Å²) in [6.07, 6.45) is 0.993. The van der Waals surface area contributed by atoms with E-state index in [1.165, 1.54) is 0 Å². The minimum absolute atomic E-state index is 0. The summed E-state index contributed by atoms with van der Waals surface area (Å²) in [5.74, 6) is 0. The quantitative estimate of drug-likeness (QED) is 0.291. The minimum atomic E-state index is -3.16. The van der Waals surface area contributed by atoms with Gasteiger partial charge in [-0.2, -0.15) is 8.42 Å². The average Bonchev–Trinajstić information content (AvgIpc) is 1.35. The molecule has 0 aromatic carbocycles. The third-order valence-corrected chi connectivity index (χ3v) is 0.908. The molecule has 5 heteroatoms. The van der Waals surface area contributed by atoms with Gasteiger partial charge in [0.15, 0.2) is 0 Å². The maximum Gasteiger partial charge on any atom is 1.00 e. The van der Waals surface area contributed by atoms with Crippen molar-refractivity contribution in [1.29, 1.82) is 0 Å². The third-order valence-electron chi connectivity index (χ3n) is 0.303. The van der Waals surface area contributed by atoms with Crippen LogP contribution in [-0.4, -0.2) is 21.8 Å². The van der Waals surface area contributed by atoms with E-state index in [-0.39, 0.29) is 52.8 Å². The fourth-order valence-electron chi connectivity index (χ4n) is 0. The number of hydrogen-bond acceptors (Lipinski definition) is 3. The van der Waals surface area contributed by atoms with Crippen LogP contribution in [0.5, 0.6) is 0 Å². The average molecular weight is 150 g/mol. The zero-order valence-electron chi connectivity index (χ0n) is 5.63. The van der Waals surface area contributed by atoms with Crippen LogP contribution in [-0.2, 0) is 14.3 Å². The van der Waals surface area contributed by atoms with Crippen molar-refractivity contribution in [2.45, 2.75) is 0 Å². The van der Waals surface area contributed by atoms with Gasteiger partial charge < -0.3 is 1.43 Å². The predicted octanol–water partition coefficient (Wildman–Crippen LogP) is -3.29. The zero-order chi connectivity index (χ0) is 5.21. The molecule has 0 aromatic heterocycles. The van der Waals surface area contributed by atoms with Crippen LogP contribution in [0.25, 0.3) is 0 Å². The van der Waals surface area contributed by atoms with Crippen LogP contribution in [0.15, 0.2) is 0 Å². The van der Waals surface area contributed by atoms with Gasteiger partial charge in [-0.05, 0) is 0 Å². The molecule has 0 fully saturated rings. The van der Waals surface area contributed by atoms with Crippen molar-refractivity contribution in [2.24, 2.45) is 0 Å². The summed E-state index contributed by atoms with van der Waals surface area (Å²) in [6.45, 7) is 0. The summed E-state index contributed by atoms with van der Waals surface area (Å²) in [6, 6.07) is 0. The molecule has 0 spiro atoms. The third kappa shape index (κ3) is 11.2. The first-order chi connectivity index (χ1) is 2.56. The monoisotopic (exact) mass is 150 g/mol. The molecular weight excluding hydrogens is 143 g/mol. The summed E-state index contributed by atoms with van der Waals surface area (Å²) in [7, 11) is -2.04. The Balaban J connectivity index is -0.000000125. The molecule has 0 N–H and O–H groups in total. The molecule has 0 saturated heterocycles. The van der Waals surface area contributed by atoms with E-state index in [1.54, 1.807) is 0 Å². The smallest absolute Gasteiger partial charge is 1.00 e. The molecule has 0 bridgehead atoms. The van der Waals surface area contributed by atoms with Gasteiger partial charge in [-0.25, -0.2) is 0 Å². The normalized spacial score (nSPS) is 10.0. The van der Waals surface area contributed by atoms with Gasteiger partial charge in [0.25, 0.3) is 10.1 Å². The SMILES string of the molecule is COS(C)(=O)=O.[H-].[K+]. The van der Waals surface area contributed by atoms with Gasteiger partial charge in [0, 0.05) is 0 Å². The van der Waals surface area contributed by atoms with E-state index in [9.17, 15) is 8.42 Å². The molecule has 0 unspecified atom stereocenters. The largest absolute Gasteiger partial charge is 1.00 e. The second kappa shape index (κ2) is 4.43. The Bertz CT molecular complexity index is 119. The molecule has 0 aliphatic rings. The van der Waals surface area contributed by atoms with Gasteiger partial charge in [0.05, 0.1) is 13.4 Å². The topological polar surface area (TPSA) is 43.4 Å². The van der Waals surface area contributed by atoms with Crippen molar-refractivity contribution in [3.63, 3.8) is 0 Å². The number of rotatable bonds is 1. The maximum absolute atomic E-state index is 9.78. The molecule has 0 rings (SSSR count). The van der Waals surface area contributed by atoms with Gasteiger partial charge in [-0.1, -0.05) is 0 Å². The molecule has 0 saturated carbocycles. The van der Waals surface area contributed by atoms with Crippen LogP contribution in [0.2, 0.25) is 0 Å². The molecule has 0 aliphatic heterocycles. The molecular formula is C2H7KO3S. The van der Waals surface area contributed by atoms with Crippen molar-refractivity contribution in [1.82, 2.24) is 0 Å². The minimum Gasteiger partial charge on any atom is -1.00 e. The van der Waals surface area contributed by atoms with Crippen LogP contribution in [0.1, 0.15) is 1.43 Å². The zero-order valence-corrected chi connectivity index (χ0v) is 8.57. The van der Waals surface area contributed by atoms with Crippen molar-refractivity contribution >= 4 is 10.1 Å². The fraction of sp³-hybridized carbons (Fsp3) is 1.00. The van der Waals surface area contributed by atoms with Gasteiger partial charge in [-0.3, -0.25) is 4.18 Å². The molecule has 0 amide bonds. The molecule has 0 heterocycles. The van der Waals surface area contributed by atoms with E-state index in [2.05, 4.69) is 4.18 Å². The fourth-order valence-corrected chi connectivity index (χ4v) is 0. The van der Waals surface area contributed by atoms with Crippen LogP contribution < -0.4 is 51.4 Å².